The molecule has 8 heteroatoms. The van der Waals surface area contributed by atoms with Gasteiger partial charge in [-0.2, -0.15) is 10.2 Å². The largest absolute Gasteiger partial charge is 0.376 e. The highest BCUT2D eigenvalue weighted by Crippen LogP contribution is 2.21. The highest BCUT2D eigenvalue weighted by molar-refractivity contribution is 14.1. The summed E-state index contributed by atoms with van der Waals surface area (Å²) >= 11 is 8.19. The Morgan fingerprint density at radius 2 is 2.32 bits per heavy atom. The molecule has 0 unspecified atom stereocenters. The smallest absolute Gasteiger partial charge is 0.178 e. The topological polar surface area (TPSA) is 60.0 Å². The second-order valence-corrected chi connectivity index (χ2v) is 5.49. The maximum absolute atomic E-state index is 6.02. The minimum Gasteiger partial charge on any atom is -0.376 e. The summed E-state index contributed by atoms with van der Waals surface area (Å²) in [5, 5.41) is 12.1. The third-order valence-corrected chi connectivity index (χ3v) is 3.70. The number of rotatable bonds is 3. The Morgan fingerprint density at radius 1 is 1.47 bits per heavy atom. The number of anilines is 1. The van der Waals surface area contributed by atoms with E-state index in [1.54, 1.807) is 23.0 Å². The Morgan fingerprint density at radius 3 is 3.05 bits per heavy atom. The molecule has 19 heavy (non-hydrogen) atoms. The molecule has 0 spiro atoms. The Balaban J connectivity index is 1.94. The maximum Gasteiger partial charge on any atom is 0.178 e. The monoisotopic (exact) mass is 388 g/mol. The van der Waals surface area contributed by atoms with Gasteiger partial charge < -0.3 is 5.32 Å². The van der Waals surface area contributed by atoms with Gasteiger partial charge in [0.25, 0.3) is 0 Å². The van der Waals surface area contributed by atoms with Crippen molar-refractivity contribution < 1.29 is 0 Å². The molecule has 0 radical (unpaired) electrons. The van der Waals surface area contributed by atoms with Crippen molar-refractivity contribution in [2.75, 3.05) is 5.32 Å². The molecule has 0 fully saturated rings. The lowest BCUT2D eigenvalue weighted by molar-refractivity contribution is 0.720. The van der Waals surface area contributed by atoms with E-state index < -0.39 is 0 Å². The lowest BCUT2D eigenvalue weighted by atomic mass is 10.4. The molecule has 0 aliphatic carbocycles. The Bertz CT molecular complexity index is 734. The fourth-order valence-electron chi connectivity index (χ4n) is 1.80. The molecular formula is C11H10ClIN6. The molecule has 0 aliphatic rings. The Kier molecular flexibility index (Phi) is 3.31. The normalized spacial score (nSPS) is 11.1. The summed E-state index contributed by atoms with van der Waals surface area (Å²) in [5.41, 5.74) is 2.69. The number of imidazole rings is 1. The van der Waals surface area contributed by atoms with E-state index in [1.165, 1.54) is 0 Å². The van der Waals surface area contributed by atoms with Crippen LogP contribution in [0.5, 0.6) is 0 Å². The zero-order chi connectivity index (χ0) is 13.4. The summed E-state index contributed by atoms with van der Waals surface area (Å²) in [6.07, 6.45) is 3.53. The fourth-order valence-corrected chi connectivity index (χ4v) is 2.46. The van der Waals surface area contributed by atoms with Gasteiger partial charge in [0.15, 0.2) is 10.8 Å². The number of hydrogen-bond donors (Lipinski definition) is 1. The first kappa shape index (κ1) is 12.7. The first-order chi connectivity index (χ1) is 9.15. The van der Waals surface area contributed by atoms with E-state index in [9.17, 15) is 0 Å². The van der Waals surface area contributed by atoms with Crippen LogP contribution in [-0.4, -0.2) is 24.4 Å². The van der Waals surface area contributed by atoms with E-state index in [0.717, 1.165) is 20.7 Å². The zero-order valence-electron chi connectivity index (χ0n) is 10.0. The number of nitrogens with zero attached hydrogens (tertiary/aromatic N) is 5. The Hall–Kier alpha value is -1.35. The summed E-state index contributed by atoms with van der Waals surface area (Å²) in [6.45, 7) is 0.649. The lowest BCUT2D eigenvalue weighted by Crippen LogP contribution is -2.07. The Labute approximate surface area is 127 Å². The lowest BCUT2D eigenvalue weighted by Gasteiger charge is -2.08. The fraction of sp³-hybridized carbons (Fsp3) is 0.182. The maximum atomic E-state index is 6.02. The molecule has 0 saturated carbocycles. The SMILES string of the molecule is Cn1nccc1CNc1cc(Cl)nn2c(I)cnc12. The van der Waals surface area contributed by atoms with Crippen LogP contribution in [0, 0.1) is 3.70 Å². The number of aryl methyl sites for hydroxylation is 1. The van der Waals surface area contributed by atoms with Gasteiger partial charge in [-0.15, -0.1) is 0 Å². The molecule has 3 heterocycles. The summed E-state index contributed by atoms with van der Waals surface area (Å²) in [6, 6.07) is 3.73. The van der Waals surface area contributed by atoms with Crippen LogP contribution in [-0.2, 0) is 13.6 Å². The number of hydrogen-bond acceptors (Lipinski definition) is 4. The molecule has 0 atom stereocenters. The van der Waals surface area contributed by atoms with Gasteiger partial charge in [0.2, 0.25) is 0 Å². The van der Waals surface area contributed by atoms with Crippen molar-refractivity contribution in [3.63, 3.8) is 0 Å². The minimum atomic E-state index is 0.427. The quantitative estimate of drug-likeness (QED) is 0.700. The van der Waals surface area contributed by atoms with Crippen molar-refractivity contribution in [2.24, 2.45) is 7.05 Å². The third kappa shape index (κ3) is 2.39. The number of fused-ring (bicyclic) bond motifs is 1. The van der Waals surface area contributed by atoms with Gasteiger partial charge in [0.1, 0.15) is 3.70 Å². The van der Waals surface area contributed by atoms with Crippen LogP contribution in [0.15, 0.2) is 24.5 Å². The van der Waals surface area contributed by atoms with Gasteiger partial charge in [-0.25, -0.2) is 9.50 Å². The van der Waals surface area contributed by atoms with Crippen molar-refractivity contribution in [3.8, 4) is 0 Å². The third-order valence-electron chi connectivity index (χ3n) is 2.78. The van der Waals surface area contributed by atoms with E-state index in [2.05, 4.69) is 43.1 Å². The standard InChI is InChI=1S/C11H10ClIN6/c1-18-7(2-3-16-18)5-14-8-4-9(12)17-19-10(13)6-15-11(8)19/h2-4,6,14H,5H2,1H3. The molecule has 0 amide bonds. The van der Waals surface area contributed by atoms with Crippen molar-refractivity contribution in [3.05, 3.63) is 39.1 Å². The van der Waals surface area contributed by atoms with E-state index >= 15 is 0 Å². The molecular weight excluding hydrogens is 379 g/mol. The highest BCUT2D eigenvalue weighted by atomic mass is 127. The predicted octanol–water partition coefficient (Wildman–Crippen LogP) is 2.33. The molecule has 0 saturated heterocycles. The molecule has 3 aromatic heterocycles. The molecule has 0 aliphatic heterocycles. The minimum absolute atomic E-state index is 0.427. The van der Waals surface area contributed by atoms with E-state index in [-0.39, 0.29) is 0 Å². The average molecular weight is 389 g/mol. The first-order valence-electron chi connectivity index (χ1n) is 5.55. The van der Waals surface area contributed by atoms with Crippen LogP contribution < -0.4 is 5.32 Å². The van der Waals surface area contributed by atoms with Gasteiger partial charge in [0.05, 0.1) is 24.1 Å². The first-order valence-corrected chi connectivity index (χ1v) is 7.01. The van der Waals surface area contributed by atoms with Gasteiger partial charge in [-0.1, -0.05) is 11.6 Å². The second-order valence-electron chi connectivity index (χ2n) is 4.00. The molecule has 0 bridgehead atoms. The average Bonchev–Trinajstić information content (AvgIpc) is 2.94. The van der Waals surface area contributed by atoms with Crippen molar-refractivity contribution in [1.82, 2.24) is 24.4 Å². The van der Waals surface area contributed by atoms with Crippen molar-refractivity contribution >= 4 is 45.5 Å². The van der Waals surface area contributed by atoms with E-state index in [4.69, 9.17) is 11.6 Å². The van der Waals surface area contributed by atoms with Crippen molar-refractivity contribution in [1.29, 1.82) is 0 Å². The number of nitrogens with one attached hydrogen (secondary N) is 1. The van der Waals surface area contributed by atoms with Gasteiger partial charge in [-0.05, 0) is 28.7 Å². The molecule has 6 nitrogen and oxygen atoms in total. The summed E-state index contributed by atoms with van der Waals surface area (Å²) in [4.78, 5) is 4.33. The highest BCUT2D eigenvalue weighted by Gasteiger charge is 2.09. The molecule has 1 N–H and O–H groups in total. The van der Waals surface area contributed by atoms with Crippen LogP contribution >= 0.6 is 34.2 Å². The van der Waals surface area contributed by atoms with E-state index in [0.29, 0.717) is 11.7 Å². The molecule has 0 aromatic carbocycles. The molecule has 3 rings (SSSR count). The summed E-state index contributed by atoms with van der Waals surface area (Å²) < 4.78 is 4.45. The number of halogens is 2. The second kappa shape index (κ2) is 4.97. The van der Waals surface area contributed by atoms with Crippen LogP contribution in [0.2, 0.25) is 5.15 Å². The zero-order valence-corrected chi connectivity index (χ0v) is 12.9. The number of aromatic nitrogens is 5. The van der Waals surface area contributed by atoms with Crippen molar-refractivity contribution in [2.45, 2.75) is 6.54 Å². The van der Waals surface area contributed by atoms with Crippen LogP contribution in [0.25, 0.3) is 5.65 Å². The summed E-state index contributed by atoms with van der Waals surface area (Å²) in [5.74, 6) is 0. The van der Waals surface area contributed by atoms with Crippen LogP contribution in [0.3, 0.4) is 0 Å². The van der Waals surface area contributed by atoms with Gasteiger partial charge >= 0.3 is 0 Å². The van der Waals surface area contributed by atoms with Gasteiger partial charge in [0, 0.05) is 19.3 Å². The molecule has 3 aromatic rings. The predicted molar refractivity (Wildman–Crippen MR) is 81.2 cm³/mol. The van der Waals surface area contributed by atoms with Crippen LogP contribution in [0.1, 0.15) is 5.69 Å². The van der Waals surface area contributed by atoms with Crippen LogP contribution in [0.4, 0.5) is 5.69 Å². The summed E-state index contributed by atoms with van der Waals surface area (Å²) in [7, 11) is 1.91. The van der Waals surface area contributed by atoms with E-state index in [1.807, 2.05) is 17.8 Å². The van der Waals surface area contributed by atoms with Gasteiger partial charge in [-0.3, -0.25) is 4.68 Å². The molecule has 98 valence electrons.